The summed E-state index contributed by atoms with van der Waals surface area (Å²) in [5.41, 5.74) is 0.168. The molecule has 1 saturated heterocycles. The van der Waals surface area contributed by atoms with E-state index in [9.17, 15) is 8.42 Å². The van der Waals surface area contributed by atoms with Crippen molar-refractivity contribution in [3.63, 3.8) is 0 Å². The first-order chi connectivity index (χ1) is 9.60. The van der Waals surface area contributed by atoms with Crippen LogP contribution in [0.1, 0.15) is 44.9 Å². The SMILES string of the molecule is O=S(=O)(NC1CCNC2(CCCCC2)C1)c1cc[nH]c1. The van der Waals surface area contributed by atoms with E-state index in [2.05, 4.69) is 15.0 Å². The Kier molecular flexibility index (Phi) is 3.88. The van der Waals surface area contributed by atoms with Crippen LogP contribution in [0.4, 0.5) is 0 Å². The van der Waals surface area contributed by atoms with Crippen LogP contribution in [-0.4, -0.2) is 31.5 Å². The van der Waals surface area contributed by atoms with E-state index in [1.807, 2.05) is 0 Å². The van der Waals surface area contributed by atoms with E-state index in [0.29, 0.717) is 4.90 Å². The molecule has 0 aromatic carbocycles. The Hall–Kier alpha value is -0.850. The number of sulfonamides is 1. The van der Waals surface area contributed by atoms with Gasteiger partial charge in [-0.1, -0.05) is 19.3 Å². The molecule has 1 atom stereocenters. The van der Waals surface area contributed by atoms with Crippen LogP contribution in [0.15, 0.2) is 23.4 Å². The van der Waals surface area contributed by atoms with Crippen LogP contribution < -0.4 is 10.0 Å². The molecule has 2 heterocycles. The van der Waals surface area contributed by atoms with Gasteiger partial charge in [0.15, 0.2) is 0 Å². The molecule has 1 unspecified atom stereocenters. The third-order valence-corrected chi connectivity index (χ3v) is 6.16. The van der Waals surface area contributed by atoms with Gasteiger partial charge in [-0.05, 0) is 38.3 Å². The zero-order valence-corrected chi connectivity index (χ0v) is 12.5. The fourth-order valence-corrected chi connectivity index (χ4v) is 4.88. The van der Waals surface area contributed by atoms with Gasteiger partial charge in [-0.25, -0.2) is 13.1 Å². The topological polar surface area (TPSA) is 74.0 Å². The summed E-state index contributed by atoms with van der Waals surface area (Å²) in [6.07, 6.45) is 11.1. The van der Waals surface area contributed by atoms with E-state index in [1.54, 1.807) is 12.3 Å². The van der Waals surface area contributed by atoms with Gasteiger partial charge < -0.3 is 10.3 Å². The van der Waals surface area contributed by atoms with Crippen molar-refractivity contribution in [1.82, 2.24) is 15.0 Å². The van der Waals surface area contributed by atoms with Crippen molar-refractivity contribution < 1.29 is 8.42 Å². The maximum absolute atomic E-state index is 12.3. The molecule has 2 aliphatic rings. The maximum atomic E-state index is 12.3. The van der Waals surface area contributed by atoms with Gasteiger partial charge in [0.05, 0.1) is 4.90 Å². The molecule has 0 amide bonds. The van der Waals surface area contributed by atoms with Crippen molar-refractivity contribution in [2.75, 3.05) is 6.54 Å². The number of rotatable bonds is 3. The number of hydrogen-bond acceptors (Lipinski definition) is 3. The van der Waals surface area contributed by atoms with Gasteiger partial charge in [0.2, 0.25) is 10.0 Å². The van der Waals surface area contributed by atoms with E-state index in [4.69, 9.17) is 0 Å². The van der Waals surface area contributed by atoms with Gasteiger partial charge in [-0.3, -0.25) is 0 Å². The van der Waals surface area contributed by atoms with Gasteiger partial charge >= 0.3 is 0 Å². The Balaban J connectivity index is 1.68. The number of hydrogen-bond donors (Lipinski definition) is 3. The molecule has 3 rings (SSSR count). The molecule has 1 aromatic heterocycles. The van der Waals surface area contributed by atoms with E-state index in [1.165, 1.54) is 38.3 Å². The highest BCUT2D eigenvalue weighted by atomic mass is 32.2. The Morgan fingerprint density at radius 1 is 1.25 bits per heavy atom. The molecule has 2 fully saturated rings. The van der Waals surface area contributed by atoms with E-state index >= 15 is 0 Å². The normalized spacial score (nSPS) is 26.7. The molecule has 112 valence electrons. The maximum Gasteiger partial charge on any atom is 0.242 e. The van der Waals surface area contributed by atoms with Gasteiger partial charge in [0.1, 0.15) is 0 Å². The standard InChI is InChI=1S/C14H23N3O2S/c18-20(19,13-5-8-15-11-13)17-12-4-9-16-14(10-12)6-2-1-3-7-14/h5,8,11-12,15-17H,1-4,6-7,9-10H2. The van der Waals surface area contributed by atoms with E-state index < -0.39 is 10.0 Å². The molecule has 0 radical (unpaired) electrons. The van der Waals surface area contributed by atoms with Crippen molar-refractivity contribution in [2.24, 2.45) is 0 Å². The van der Waals surface area contributed by atoms with Crippen LogP contribution in [0.2, 0.25) is 0 Å². The molecule has 1 aliphatic heterocycles. The molecular formula is C14H23N3O2S. The summed E-state index contributed by atoms with van der Waals surface area (Å²) in [6.45, 7) is 0.903. The lowest BCUT2D eigenvalue weighted by molar-refractivity contribution is 0.165. The summed E-state index contributed by atoms with van der Waals surface area (Å²) in [5.74, 6) is 0. The van der Waals surface area contributed by atoms with Gasteiger partial charge in [0, 0.05) is 24.0 Å². The highest BCUT2D eigenvalue weighted by Gasteiger charge is 2.38. The molecule has 3 N–H and O–H groups in total. The Bertz CT molecular complexity index is 527. The van der Waals surface area contributed by atoms with Gasteiger partial charge in [0.25, 0.3) is 0 Å². The highest BCUT2D eigenvalue weighted by Crippen LogP contribution is 2.34. The molecule has 1 spiro atoms. The number of nitrogens with one attached hydrogen (secondary N) is 3. The molecular weight excluding hydrogens is 274 g/mol. The largest absolute Gasteiger partial charge is 0.366 e. The molecule has 0 bridgehead atoms. The van der Waals surface area contributed by atoms with Crippen LogP contribution in [0, 0.1) is 0 Å². The lowest BCUT2D eigenvalue weighted by atomic mass is 9.75. The molecule has 1 aromatic rings. The fraction of sp³-hybridized carbons (Fsp3) is 0.714. The van der Waals surface area contributed by atoms with Crippen molar-refractivity contribution >= 4 is 10.0 Å². The van der Waals surface area contributed by atoms with Crippen LogP contribution >= 0.6 is 0 Å². The smallest absolute Gasteiger partial charge is 0.242 e. The summed E-state index contributed by atoms with van der Waals surface area (Å²) in [7, 11) is -3.38. The van der Waals surface area contributed by atoms with Crippen LogP contribution in [0.3, 0.4) is 0 Å². The highest BCUT2D eigenvalue weighted by molar-refractivity contribution is 7.89. The van der Waals surface area contributed by atoms with Crippen LogP contribution in [0.25, 0.3) is 0 Å². The predicted octanol–water partition coefficient (Wildman–Crippen LogP) is 1.75. The fourth-order valence-electron chi connectivity index (χ4n) is 3.63. The Morgan fingerprint density at radius 3 is 2.75 bits per heavy atom. The van der Waals surface area contributed by atoms with Crippen LogP contribution in [0.5, 0.6) is 0 Å². The lowest BCUT2D eigenvalue weighted by Gasteiger charge is -2.44. The second-order valence-corrected chi connectivity index (χ2v) is 7.84. The van der Waals surface area contributed by atoms with Crippen molar-refractivity contribution in [2.45, 2.75) is 61.4 Å². The van der Waals surface area contributed by atoms with Crippen molar-refractivity contribution in [1.29, 1.82) is 0 Å². The molecule has 20 heavy (non-hydrogen) atoms. The molecule has 6 heteroatoms. The Morgan fingerprint density at radius 2 is 2.05 bits per heavy atom. The zero-order chi connectivity index (χ0) is 14.1. The average Bonchev–Trinajstić information content (AvgIpc) is 2.94. The van der Waals surface area contributed by atoms with Crippen molar-refractivity contribution in [3.8, 4) is 0 Å². The minimum atomic E-state index is -3.38. The summed E-state index contributed by atoms with van der Waals surface area (Å²) in [4.78, 5) is 3.13. The second kappa shape index (κ2) is 5.50. The minimum Gasteiger partial charge on any atom is -0.366 e. The number of H-pyrrole nitrogens is 1. The summed E-state index contributed by atoms with van der Waals surface area (Å²) >= 11 is 0. The van der Waals surface area contributed by atoms with Gasteiger partial charge in [-0.15, -0.1) is 0 Å². The third kappa shape index (κ3) is 2.92. The Labute approximate surface area is 120 Å². The average molecular weight is 297 g/mol. The second-order valence-electron chi connectivity index (χ2n) is 6.13. The molecule has 1 saturated carbocycles. The number of aromatic amines is 1. The first kappa shape index (κ1) is 14.1. The minimum absolute atomic E-state index is 0.0502. The summed E-state index contributed by atoms with van der Waals surface area (Å²) < 4.78 is 27.4. The van der Waals surface area contributed by atoms with Crippen LogP contribution in [-0.2, 0) is 10.0 Å². The van der Waals surface area contributed by atoms with Gasteiger partial charge in [-0.2, -0.15) is 0 Å². The quantitative estimate of drug-likeness (QED) is 0.795. The predicted molar refractivity (Wildman–Crippen MR) is 78.0 cm³/mol. The molecule has 1 aliphatic carbocycles. The number of piperidine rings is 1. The summed E-state index contributed by atoms with van der Waals surface area (Å²) in [5, 5.41) is 3.64. The monoisotopic (exact) mass is 297 g/mol. The van der Waals surface area contributed by atoms with Crippen molar-refractivity contribution in [3.05, 3.63) is 18.5 Å². The molecule has 5 nitrogen and oxygen atoms in total. The lowest BCUT2D eigenvalue weighted by Crippen LogP contribution is -2.57. The van der Waals surface area contributed by atoms with E-state index in [0.717, 1.165) is 19.4 Å². The summed E-state index contributed by atoms with van der Waals surface area (Å²) in [6, 6.07) is 1.65. The third-order valence-electron chi connectivity index (χ3n) is 4.64. The first-order valence-electron chi connectivity index (χ1n) is 7.50. The van der Waals surface area contributed by atoms with E-state index in [-0.39, 0.29) is 11.6 Å². The first-order valence-corrected chi connectivity index (χ1v) is 8.98. The number of aromatic nitrogens is 1. The zero-order valence-electron chi connectivity index (χ0n) is 11.7.